The number of halogens is 2. The van der Waals surface area contributed by atoms with Gasteiger partial charge in [0.15, 0.2) is 11.7 Å². The molecule has 2 aliphatic rings. The van der Waals surface area contributed by atoms with Crippen molar-refractivity contribution in [2.24, 2.45) is 5.73 Å². The fraction of sp³-hybridized carbons (Fsp3) is 0.353. The lowest BCUT2D eigenvalue weighted by atomic mass is 9.84. The maximum atomic E-state index is 13.7. The summed E-state index contributed by atoms with van der Waals surface area (Å²) in [6, 6.07) is 4.22. The number of hydrogen-bond acceptors (Lipinski definition) is 6. The quantitative estimate of drug-likeness (QED) is 0.799. The van der Waals surface area contributed by atoms with E-state index in [9.17, 15) is 9.18 Å². The van der Waals surface area contributed by atoms with Crippen molar-refractivity contribution in [2.45, 2.75) is 24.5 Å². The molecule has 4 rings (SSSR count). The summed E-state index contributed by atoms with van der Waals surface area (Å²) in [7, 11) is 0. The highest BCUT2D eigenvalue weighted by molar-refractivity contribution is 9.10. The fourth-order valence-electron chi connectivity index (χ4n) is 3.61. The third-order valence-corrected chi connectivity index (χ3v) is 5.23. The van der Waals surface area contributed by atoms with Gasteiger partial charge in [-0.15, -0.1) is 0 Å². The molecule has 1 fully saturated rings. The maximum absolute atomic E-state index is 13.7. The molecule has 1 spiro atoms. The van der Waals surface area contributed by atoms with Crippen molar-refractivity contribution in [2.75, 3.05) is 18.0 Å². The molecule has 26 heavy (non-hydrogen) atoms. The number of primary amides is 1. The van der Waals surface area contributed by atoms with Crippen molar-refractivity contribution >= 4 is 27.8 Å². The number of anilines is 1. The lowest BCUT2D eigenvalue weighted by Gasteiger charge is -2.41. The molecule has 0 radical (unpaired) electrons. The van der Waals surface area contributed by atoms with Gasteiger partial charge in [0.1, 0.15) is 22.0 Å². The van der Waals surface area contributed by atoms with Gasteiger partial charge in [-0.25, -0.2) is 19.2 Å². The highest BCUT2D eigenvalue weighted by Gasteiger charge is 2.52. The number of aromatic nitrogens is 2. The molecular formula is C17H16BrFN4O3. The Morgan fingerprint density at radius 1 is 1.35 bits per heavy atom. The van der Waals surface area contributed by atoms with E-state index in [0.29, 0.717) is 41.8 Å². The first kappa shape index (κ1) is 17.0. The average molecular weight is 423 g/mol. The second-order valence-electron chi connectivity index (χ2n) is 6.35. The molecule has 1 aromatic heterocycles. The van der Waals surface area contributed by atoms with Gasteiger partial charge in [-0.05, 0) is 34.1 Å². The van der Waals surface area contributed by atoms with Crippen LogP contribution >= 0.6 is 15.9 Å². The SMILES string of the molecule is NC(=O)O[C@@H]1c2cc(F)ccc2OC12CCN(c1cnc(Br)cn1)CC2. The molecule has 2 N–H and O–H groups in total. The van der Waals surface area contributed by atoms with E-state index in [1.54, 1.807) is 18.5 Å². The minimum absolute atomic E-state index is 0.412. The first-order valence-corrected chi connectivity index (χ1v) is 8.93. The number of benzene rings is 1. The van der Waals surface area contributed by atoms with Crippen molar-refractivity contribution in [3.63, 3.8) is 0 Å². The Morgan fingerprint density at radius 2 is 2.12 bits per heavy atom. The zero-order valence-corrected chi connectivity index (χ0v) is 15.3. The molecule has 0 bridgehead atoms. The average Bonchev–Trinajstić information content (AvgIpc) is 2.89. The Hall–Kier alpha value is -2.42. The van der Waals surface area contributed by atoms with Crippen LogP contribution in [0, 0.1) is 5.82 Å². The highest BCUT2D eigenvalue weighted by atomic mass is 79.9. The largest absolute Gasteiger partial charge is 0.482 e. The molecule has 1 saturated heterocycles. The predicted octanol–water partition coefficient (Wildman–Crippen LogP) is 2.95. The van der Waals surface area contributed by atoms with Crippen LogP contribution in [0.5, 0.6) is 5.75 Å². The summed E-state index contributed by atoms with van der Waals surface area (Å²) in [5.74, 6) is 0.872. The van der Waals surface area contributed by atoms with Crippen molar-refractivity contribution in [3.8, 4) is 5.75 Å². The molecule has 2 aliphatic heterocycles. The molecule has 9 heteroatoms. The number of piperidine rings is 1. The molecule has 0 aliphatic carbocycles. The highest BCUT2D eigenvalue weighted by Crippen LogP contribution is 2.50. The number of fused-ring (bicyclic) bond motifs is 1. The third kappa shape index (κ3) is 2.96. The van der Waals surface area contributed by atoms with E-state index in [0.717, 1.165) is 5.82 Å². The van der Waals surface area contributed by atoms with Gasteiger partial charge in [0.05, 0.1) is 12.4 Å². The van der Waals surface area contributed by atoms with Gasteiger partial charge in [0.25, 0.3) is 0 Å². The van der Waals surface area contributed by atoms with Crippen molar-refractivity contribution < 1.29 is 18.7 Å². The summed E-state index contributed by atoms with van der Waals surface area (Å²) in [5.41, 5.74) is 5.00. The van der Waals surface area contributed by atoms with E-state index >= 15 is 0 Å². The lowest BCUT2D eigenvalue weighted by Crippen LogP contribution is -2.50. The number of hydrogen-bond donors (Lipinski definition) is 1. The first-order valence-electron chi connectivity index (χ1n) is 8.14. The summed E-state index contributed by atoms with van der Waals surface area (Å²) in [4.78, 5) is 22.0. The van der Waals surface area contributed by atoms with E-state index in [-0.39, 0.29) is 0 Å². The summed E-state index contributed by atoms with van der Waals surface area (Å²) >= 11 is 3.27. The number of nitrogens with two attached hydrogens (primary N) is 1. The fourth-order valence-corrected chi connectivity index (χ4v) is 3.81. The number of carbonyl (C=O) groups is 1. The van der Waals surface area contributed by atoms with Crippen LogP contribution in [-0.2, 0) is 4.74 Å². The maximum Gasteiger partial charge on any atom is 0.405 e. The number of rotatable bonds is 2. The second-order valence-corrected chi connectivity index (χ2v) is 7.16. The van der Waals surface area contributed by atoms with Crippen LogP contribution in [0.3, 0.4) is 0 Å². The molecular weight excluding hydrogens is 407 g/mol. The van der Waals surface area contributed by atoms with Crippen molar-refractivity contribution in [3.05, 3.63) is 46.6 Å². The molecule has 0 unspecified atom stereocenters. The van der Waals surface area contributed by atoms with Crippen LogP contribution in [0.2, 0.25) is 0 Å². The van der Waals surface area contributed by atoms with Gasteiger partial charge in [0.2, 0.25) is 0 Å². The topological polar surface area (TPSA) is 90.6 Å². The Kier molecular flexibility index (Phi) is 4.18. The van der Waals surface area contributed by atoms with Gasteiger partial charge in [-0.1, -0.05) is 0 Å². The summed E-state index contributed by atoms with van der Waals surface area (Å²) in [5, 5.41) is 0. The van der Waals surface area contributed by atoms with Gasteiger partial charge >= 0.3 is 6.09 Å². The summed E-state index contributed by atoms with van der Waals surface area (Å²) in [6.07, 6.45) is 2.83. The minimum atomic E-state index is -0.906. The Balaban J connectivity index is 1.58. The molecule has 1 aromatic carbocycles. The number of nitrogens with zero attached hydrogens (tertiary/aromatic N) is 3. The summed E-state index contributed by atoms with van der Waals surface area (Å²) in [6.45, 7) is 1.26. The van der Waals surface area contributed by atoms with Crippen LogP contribution in [0.25, 0.3) is 0 Å². The zero-order valence-electron chi connectivity index (χ0n) is 13.7. The molecule has 1 amide bonds. The number of amides is 1. The van der Waals surface area contributed by atoms with Crippen LogP contribution in [-0.4, -0.2) is 34.8 Å². The van der Waals surface area contributed by atoms with Crippen LogP contribution < -0.4 is 15.4 Å². The standard InChI is InChI=1S/C17H16BrFN4O3/c18-13-8-22-14(9-21-13)23-5-3-17(4-6-23)15(25-16(20)24)11-7-10(19)1-2-12(11)26-17/h1-2,7-9,15H,3-6H2,(H2,20,24)/t15-/m1/s1. The van der Waals surface area contributed by atoms with E-state index in [2.05, 4.69) is 30.8 Å². The molecule has 7 nitrogen and oxygen atoms in total. The molecule has 3 heterocycles. The predicted molar refractivity (Wildman–Crippen MR) is 94.3 cm³/mol. The molecule has 136 valence electrons. The number of carbonyl (C=O) groups excluding carboxylic acids is 1. The van der Waals surface area contributed by atoms with Gasteiger partial charge in [-0.2, -0.15) is 0 Å². The van der Waals surface area contributed by atoms with E-state index in [1.807, 2.05) is 0 Å². The lowest BCUT2D eigenvalue weighted by molar-refractivity contribution is -0.0499. The van der Waals surface area contributed by atoms with E-state index < -0.39 is 23.6 Å². The van der Waals surface area contributed by atoms with Crippen LogP contribution in [0.1, 0.15) is 24.5 Å². The monoisotopic (exact) mass is 422 g/mol. The van der Waals surface area contributed by atoms with Gasteiger partial charge < -0.3 is 20.1 Å². The molecule has 0 saturated carbocycles. The van der Waals surface area contributed by atoms with Crippen LogP contribution in [0.4, 0.5) is 15.0 Å². The smallest absolute Gasteiger partial charge is 0.405 e. The second kappa shape index (κ2) is 6.39. The summed E-state index contributed by atoms with van der Waals surface area (Å²) < 4.78 is 25.8. The molecule has 2 aromatic rings. The van der Waals surface area contributed by atoms with Gasteiger partial charge in [-0.3, -0.25) is 0 Å². The van der Waals surface area contributed by atoms with Gasteiger partial charge in [0, 0.05) is 31.5 Å². The van der Waals surface area contributed by atoms with E-state index in [4.69, 9.17) is 15.2 Å². The Labute approximate surface area is 157 Å². The zero-order chi connectivity index (χ0) is 18.3. The number of ether oxygens (including phenoxy) is 2. The minimum Gasteiger partial charge on any atom is -0.482 e. The third-order valence-electron chi connectivity index (χ3n) is 4.82. The van der Waals surface area contributed by atoms with Crippen LogP contribution in [0.15, 0.2) is 35.2 Å². The Morgan fingerprint density at radius 3 is 2.77 bits per heavy atom. The van der Waals surface area contributed by atoms with E-state index in [1.165, 1.54) is 12.1 Å². The molecule has 1 atom stereocenters. The normalized spacial score (nSPS) is 20.5. The van der Waals surface area contributed by atoms with Crippen molar-refractivity contribution in [1.82, 2.24) is 9.97 Å². The first-order chi connectivity index (χ1) is 12.5. The Bertz CT molecular complexity index is 840. The van der Waals surface area contributed by atoms with Crippen molar-refractivity contribution in [1.29, 1.82) is 0 Å².